The molecule has 0 spiro atoms. The van der Waals surface area contributed by atoms with E-state index in [0.717, 1.165) is 10.6 Å². The summed E-state index contributed by atoms with van der Waals surface area (Å²) in [5, 5.41) is 1.98. The Morgan fingerprint density at radius 2 is 2.21 bits per heavy atom. The standard InChI is InChI=1S/C13H15N/c1-5-7-11-8-12(10(3)4)9-14-13(11)6-2/h1,6-10H,2-4H3/b11-7-,13-6+. The van der Waals surface area contributed by atoms with Gasteiger partial charge in [0.1, 0.15) is 0 Å². The maximum Gasteiger partial charge on any atom is 0.0665 e. The molecule has 0 atom stereocenters. The molecule has 1 heterocycles. The lowest BCUT2D eigenvalue weighted by Crippen LogP contribution is -2.28. The van der Waals surface area contributed by atoms with E-state index in [9.17, 15) is 0 Å². The van der Waals surface area contributed by atoms with Crippen molar-refractivity contribution >= 4 is 12.2 Å². The molecular formula is C13H15N. The highest BCUT2D eigenvalue weighted by Gasteiger charge is 1.98. The van der Waals surface area contributed by atoms with Crippen LogP contribution in [-0.2, 0) is 0 Å². The molecule has 0 radical (unpaired) electrons. The lowest BCUT2D eigenvalue weighted by Gasteiger charge is -2.03. The van der Waals surface area contributed by atoms with Crippen molar-refractivity contribution in [1.29, 1.82) is 0 Å². The molecule has 1 aromatic heterocycles. The van der Waals surface area contributed by atoms with E-state index in [0.29, 0.717) is 5.92 Å². The number of pyridine rings is 1. The zero-order valence-corrected chi connectivity index (χ0v) is 8.91. The average Bonchev–Trinajstić information content (AvgIpc) is 2.18. The van der Waals surface area contributed by atoms with Crippen molar-refractivity contribution in [2.45, 2.75) is 26.7 Å². The van der Waals surface area contributed by atoms with Crippen LogP contribution >= 0.6 is 0 Å². The highest BCUT2D eigenvalue weighted by Crippen LogP contribution is 2.08. The van der Waals surface area contributed by atoms with Crippen molar-refractivity contribution in [3.63, 3.8) is 0 Å². The van der Waals surface area contributed by atoms with Gasteiger partial charge in [0.25, 0.3) is 0 Å². The lowest BCUT2D eigenvalue weighted by molar-refractivity contribution is 0.853. The molecule has 0 amide bonds. The Balaban J connectivity index is 3.47. The second-order valence-corrected chi connectivity index (χ2v) is 3.50. The monoisotopic (exact) mass is 185 g/mol. The topological polar surface area (TPSA) is 12.9 Å². The first-order valence-corrected chi connectivity index (χ1v) is 4.77. The molecule has 0 saturated carbocycles. The molecule has 1 nitrogen and oxygen atoms in total. The van der Waals surface area contributed by atoms with Gasteiger partial charge in [-0.05, 0) is 30.5 Å². The van der Waals surface area contributed by atoms with E-state index < -0.39 is 0 Å². The summed E-state index contributed by atoms with van der Waals surface area (Å²) in [5.74, 6) is 3.02. The summed E-state index contributed by atoms with van der Waals surface area (Å²) in [7, 11) is 0. The molecule has 0 aliphatic rings. The van der Waals surface area contributed by atoms with Crippen LogP contribution in [-0.4, -0.2) is 4.98 Å². The zero-order valence-electron chi connectivity index (χ0n) is 8.91. The van der Waals surface area contributed by atoms with E-state index >= 15 is 0 Å². The average molecular weight is 185 g/mol. The van der Waals surface area contributed by atoms with E-state index in [1.807, 2.05) is 19.2 Å². The predicted molar refractivity (Wildman–Crippen MR) is 61.0 cm³/mol. The van der Waals surface area contributed by atoms with Crippen LogP contribution in [0.5, 0.6) is 0 Å². The molecule has 1 rings (SSSR count). The van der Waals surface area contributed by atoms with E-state index in [1.165, 1.54) is 5.56 Å². The summed E-state index contributed by atoms with van der Waals surface area (Å²) in [6.45, 7) is 6.25. The Bertz CT molecular complexity index is 461. The summed E-state index contributed by atoms with van der Waals surface area (Å²) in [5.41, 5.74) is 1.22. The molecule has 0 N–H and O–H groups in total. The third-order valence-electron chi connectivity index (χ3n) is 2.15. The van der Waals surface area contributed by atoms with Crippen LogP contribution in [0, 0.1) is 12.3 Å². The Morgan fingerprint density at radius 1 is 1.50 bits per heavy atom. The van der Waals surface area contributed by atoms with Crippen LogP contribution < -0.4 is 10.6 Å². The Kier molecular flexibility index (Phi) is 3.48. The molecule has 1 heteroatoms. The van der Waals surface area contributed by atoms with Crippen LogP contribution in [0.1, 0.15) is 32.3 Å². The molecular weight excluding hydrogens is 170 g/mol. The van der Waals surface area contributed by atoms with E-state index in [2.05, 4.69) is 30.8 Å². The quantitative estimate of drug-likeness (QED) is 0.603. The van der Waals surface area contributed by atoms with Gasteiger partial charge >= 0.3 is 0 Å². The Hall–Kier alpha value is -1.55. The van der Waals surface area contributed by atoms with Gasteiger partial charge in [-0.15, -0.1) is 6.42 Å². The van der Waals surface area contributed by atoms with Crippen molar-refractivity contribution < 1.29 is 0 Å². The molecule has 1 aromatic rings. The maximum atomic E-state index is 5.26. The summed E-state index contributed by atoms with van der Waals surface area (Å²) in [6, 6.07) is 2.10. The predicted octanol–water partition coefficient (Wildman–Crippen LogP) is 1.42. The summed E-state index contributed by atoms with van der Waals surface area (Å²) < 4.78 is 0. The van der Waals surface area contributed by atoms with Crippen molar-refractivity contribution in [1.82, 2.24) is 4.98 Å². The highest BCUT2D eigenvalue weighted by molar-refractivity contribution is 5.44. The fourth-order valence-corrected chi connectivity index (χ4v) is 1.27. The van der Waals surface area contributed by atoms with Gasteiger partial charge in [0.15, 0.2) is 0 Å². The van der Waals surface area contributed by atoms with Gasteiger partial charge in [-0.2, -0.15) is 0 Å². The second-order valence-electron chi connectivity index (χ2n) is 3.50. The molecule has 14 heavy (non-hydrogen) atoms. The van der Waals surface area contributed by atoms with Crippen LogP contribution in [0.3, 0.4) is 0 Å². The minimum absolute atomic E-state index is 0.485. The van der Waals surface area contributed by atoms with Gasteiger partial charge in [0.05, 0.1) is 5.35 Å². The highest BCUT2D eigenvalue weighted by atomic mass is 14.6. The van der Waals surface area contributed by atoms with Crippen molar-refractivity contribution in [2.75, 3.05) is 0 Å². The zero-order chi connectivity index (χ0) is 10.6. The Morgan fingerprint density at radius 3 is 2.71 bits per heavy atom. The first kappa shape index (κ1) is 10.5. The molecule has 0 saturated heterocycles. The molecule has 0 bridgehead atoms. The molecule has 0 aliphatic heterocycles. The summed E-state index contributed by atoms with van der Waals surface area (Å²) in [4.78, 5) is 4.35. The van der Waals surface area contributed by atoms with Crippen LogP contribution in [0.15, 0.2) is 12.3 Å². The largest absolute Gasteiger partial charge is 0.256 e. The fraction of sp³-hybridized carbons (Fsp3) is 0.308. The smallest absolute Gasteiger partial charge is 0.0665 e. The number of aromatic nitrogens is 1. The number of rotatable bonds is 1. The van der Waals surface area contributed by atoms with Crippen molar-refractivity contribution in [3.05, 3.63) is 28.4 Å². The second kappa shape index (κ2) is 4.62. The number of nitrogens with zero attached hydrogens (tertiary/aromatic N) is 1. The minimum atomic E-state index is 0.485. The summed E-state index contributed by atoms with van der Waals surface area (Å²) >= 11 is 0. The van der Waals surface area contributed by atoms with Gasteiger partial charge in [-0.1, -0.05) is 25.8 Å². The van der Waals surface area contributed by atoms with Crippen molar-refractivity contribution in [3.8, 4) is 12.3 Å². The normalized spacial score (nSPS) is 13.4. The third-order valence-corrected chi connectivity index (χ3v) is 2.15. The van der Waals surface area contributed by atoms with E-state index in [4.69, 9.17) is 6.42 Å². The van der Waals surface area contributed by atoms with Crippen LogP contribution in [0.2, 0.25) is 0 Å². The first-order chi connectivity index (χ1) is 6.69. The summed E-state index contributed by atoms with van der Waals surface area (Å²) in [6.07, 6.45) is 10.9. The van der Waals surface area contributed by atoms with Gasteiger partial charge in [-0.25, -0.2) is 0 Å². The lowest BCUT2D eigenvalue weighted by atomic mass is 10.1. The van der Waals surface area contributed by atoms with E-state index in [-0.39, 0.29) is 0 Å². The molecule has 0 unspecified atom stereocenters. The number of hydrogen-bond acceptors (Lipinski definition) is 1. The fourth-order valence-electron chi connectivity index (χ4n) is 1.27. The van der Waals surface area contributed by atoms with Gasteiger partial charge in [0.2, 0.25) is 0 Å². The number of hydrogen-bond donors (Lipinski definition) is 0. The molecule has 0 aromatic carbocycles. The SMILES string of the molecule is C#C/C=c1/cc(C(C)C)cn/c1=C/C. The van der Waals surface area contributed by atoms with Gasteiger partial charge in [0, 0.05) is 11.4 Å². The third kappa shape index (κ3) is 2.23. The van der Waals surface area contributed by atoms with Crippen LogP contribution in [0.25, 0.3) is 12.2 Å². The Labute approximate surface area is 85.2 Å². The van der Waals surface area contributed by atoms with Gasteiger partial charge in [-0.3, -0.25) is 4.98 Å². The maximum absolute atomic E-state index is 5.26. The molecule has 0 fully saturated rings. The molecule has 72 valence electrons. The number of terminal acetylenes is 1. The van der Waals surface area contributed by atoms with Crippen molar-refractivity contribution in [2.24, 2.45) is 0 Å². The first-order valence-electron chi connectivity index (χ1n) is 4.77. The minimum Gasteiger partial charge on any atom is -0.256 e. The van der Waals surface area contributed by atoms with Gasteiger partial charge < -0.3 is 0 Å². The van der Waals surface area contributed by atoms with Crippen LogP contribution in [0.4, 0.5) is 0 Å². The molecule has 0 aliphatic carbocycles. The van der Waals surface area contributed by atoms with E-state index in [1.54, 1.807) is 6.08 Å².